The van der Waals surface area contributed by atoms with Crippen LogP contribution in [0.5, 0.6) is 0 Å². The molecule has 0 radical (unpaired) electrons. The van der Waals surface area contributed by atoms with Crippen LogP contribution >= 0.6 is 23.2 Å². The van der Waals surface area contributed by atoms with Gasteiger partial charge in [0.05, 0.1) is 26.7 Å². The van der Waals surface area contributed by atoms with Gasteiger partial charge in [0.25, 0.3) is 12.3 Å². The Kier molecular flexibility index (Phi) is 10.9. The summed E-state index contributed by atoms with van der Waals surface area (Å²) in [5.74, 6) is -7.82. The largest absolute Gasteiger partial charge is 0.417 e. The molecular formula is C24H16Cl2F12N2O2. The molecule has 0 aliphatic rings. The van der Waals surface area contributed by atoms with E-state index in [4.69, 9.17) is 23.2 Å². The van der Waals surface area contributed by atoms with Crippen molar-refractivity contribution in [2.75, 3.05) is 6.54 Å². The first-order valence-corrected chi connectivity index (χ1v) is 11.9. The minimum absolute atomic E-state index is 0.0115. The van der Waals surface area contributed by atoms with Crippen LogP contribution in [0.2, 0.25) is 10.0 Å². The molecular weight excluding hydrogens is 647 g/mol. The van der Waals surface area contributed by atoms with Crippen LogP contribution in [0.15, 0.2) is 36.4 Å². The third-order valence-electron chi connectivity index (χ3n) is 5.39. The molecule has 0 bridgehead atoms. The number of alkyl halides is 11. The molecule has 2 aromatic rings. The second-order valence-corrected chi connectivity index (χ2v) is 9.33. The van der Waals surface area contributed by atoms with Crippen LogP contribution in [0.1, 0.15) is 51.9 Å². The number of carbonyl (C=O) groups is 2. The van der Waals surface area contributed by atoms with Crippen molar-refractivity contribution < 1.29 is 62.3 Å². The van der Waals surface area contributed by atoms with E-state index in [-0.39, 0.29) is 12.1 Å². The molecule has 0 heterocycles. The Labute approximate surface area is 238 Å². The summed E-state index contributed by atoms with van der Waals surface area (Å²) < 4.78 is 160. The molecule has 2 atom stereocenters. The van der Waals surface area contributed by atoms with Crippen LogP contribution < -0.4 is 10.6 Å². The Bertz CT molecular complexity index is 1330. The molecule has 2 aromatic carbocycles. The van der Waals surface area contributed by atoms with Crippen LogP contribution in [0, 0.1) is 0 Å². The van der Waals surface area contributed by atoms with E-state index in [2.05, 4.69) is 0 Å². The summed E-state index contributed by atoms with van der Waals surface area (Å²) in [6.07, 6.45) is -19.0. The fourth-order valence-electron chi connectivity index (χ4n) is 3.42. The summed E-state index contributed by atoms with van der Waals surface area (Å²) >= 11 is 11.2. The lowest BCUT2D eigenvalue weighted by atomic mass is 9.94. The van der Waals surface area contributed by atoms with E-state index >= 15 is 0 Å². The van der Waals surface area contributed by atoms with E-state index in [1.54, 1.807) is 5.32 Å². The SMILES string of the molecule is CC(NC(=O)c1ccc(/C(F)=C/C(c2cc(Cl)c(C(F)F)c(Cl)c2)C(F)(F)F)cc1C(F)(F)F)C(=O)NCC(F)(F)F. The van der Waals surface area contributed by atoms with Gasteiger partial charge in [-0.15, -0.1) is 0 Å². The number of hydrogen-bond donors (Lipinski definition) is 2. The maximum atomic E-state index is 15.0. The number of hydrogen-bond acceptors (Lipinski definition) is 2. The number of carbonyl (C=O) groups excluding carboxylic acids is 2. The summed E-state index contributed by atoms with van der Waals surface area (Å²) in [5.41, 5.74) is -6.10. The quantitative estimate of drug-likeness (QED) is 0.279. The highest BCUT2D eigenvalue weighted by Gasteiger charge is 2.41. The summed E-state index contributed by atoms with van der Waals surface area (Å²) in [6, 6.07) is -0.0239. The Morgan fingerprint density at radius 3 is 1.93 bits per heavy atom. The van der Waals surface area contributed by atoms with Crippen molar-refractivity contribution in [1.82, 2.24) is 10.6 Å². The third kappa shape index (κ3) is 9.18. The lowest BCUT2D eigenvalue weighted by molar-refractivity contribution is -0.140. The number of allylic oxidation sites excluding steroid dienone is 1. The van der Waals surface area contributed by atoms with Gasteiger partial charge in [-0.3, -0.25) is 9.59 Å². The third-order valence-corrected chi connectivity index (χ3v) is 6.02. The molecule has 2 amide bonds. The molecule has 18 heteroatoms. The van der Waals surface area contributed by atoms with Crippen LogP contribution in [0.4, 0.5) is 52.7 Å². The van der Waals surface area contributed by atoms with Gasteiger partial charge in [-0.25, -0.2) is 13.2 Å². The Morgan fingerprint density at radius 1 is 0.929 bits per heavy atom. The van der Waals surface area contributed by atoms with Crippen LogP contribution in [-0.4, -0.2) is 36.8 Å². The van der Waals surface area contributed by atoms with Crippen LogP contribution in [0.25, 0.3) is 5.83 Å². The highest BCUT2D eigenvalue weighted by molar-refractivity contribution is 6.36. The minimum atomic E-state index is -5.40. The molecule has 42 heavy (non-hydrogen) atoms. The van der Waals surface area contributed by atoms with Gasteiger partial charge >= 0.3 is 18.5 Å². The first-order chi connectivity index (χ1) is 19.0. The highest BCUT2D eigenvalue weighted by Crippen LogP contribution is 2.43. The summed E-state index contributed by atoms with van der Waals surface area (Å²) in [4.78, 5) is 24.1. The molecule has 0 fully saturated rings. The van der Waals surface area contributed by atoms with E-state index in [9.17, 15) is 62.3 Å². The van der Waals surface area contributed by atoms with Crippen molar-refractivity contribution >= 4 is 40.8 Å². The van der Waals surface area contributed by atoms with Gasteiger partial charge in [0.15, 0.2) is 0 Å². The first-order valence-electron chi connectivity index (χ1n) is 11.1. The van der Waals surface area contributed by atoms with Crippen LogP contribution in [-0.2, 0) is 11.0 Å². The first kappa shape index (κ1) is 35.1. The normalized spacial score (nSPS) is 14.5. The van der Waals surface area contributed by atoms with Gasteiger partial charge in [-0.05, 0) is 42.8 Å². The smallest absolute Gasteiger partial charge is 0.345 e. The highest BCUT2D eigenvalue weighted by atomic mass is 35.5. The average molecular weight is 663 g/mol. The van der Waals surface area contributed by atoms with Crippen molar-refractivity contribution in [3.05, 3.63) is 74.3 Å². The van der Waals surface area contributed by atoms with E-state index < -0.39 is 99.0 Å². The molecule has 4 nitrogen and oxygen atoms in total. The number of nitrogens with one attached hydrogen (secondary N) is 2. The summed E-state index contributed by atoms with van der Waals surface area (Å²) in [7, 11) is 0. The topological polar surface area (TPSA) is 58.2 Å². The van der Waals surface area contributed by atoms with Gasteiger partial charge in [-0.2, -0.15) is 39.5 Å². The number of benzene rings is 2. The van der Waals surface area contributed by atoms with Crippen molar-refractivity contribution in [1.29, 1.82) is 0 Å². The lowest BCUT2D eigenvalue weighted by Crippen LogP contribution is -2.47. The minimum Gasteiger partial charge on any atom is -0.345 e. The molecule has 2 rings (SSSR count). The predicted molar refractivity (Wildman–Crippen MR) is 127 cm³/mol. The Hall–Kier alpha value is -3.14. The Balaban J connectivity index is 2.48. The molecule has 0 spiro atoms. The fourth-order valence-corrected chi connectivity index (χ4v) is 4.09. The van der Waals surface area contributed by atoms with Gasteiger partial charge in [0.1, 0.15) is 24.3 Å². The molecule has 2 N–H and O–H groups in total. The van der Waals surface area contributed by atoms with Gasteiger partial charge in [0.2, 0.25) is 5.91 Å². The van der Waals surface area contributed by atoms with Crippen molar-refractivity contribution in [3.63, 3.8) is 0 Å². The zero-order valence-electron chi connectivity index (χ0n) is 20.5. The standard InChI is InChI=1S/C24H16Cl2F12N2O2/c1-9(20(41)39-8-22(30,31)32)40-21(42)12-3-2-10(4-14(12)24(36,37)38)17(27)7-13(23(33,34)35)11-5-15(25)18(19(28)29)16(26)6-11/h2-7,9,13,19H,8H2,1H3,(H,39,41)(H,40,42)/b17-7-. The number of halogens is 14. The van der Waals surface area contributed by atoms with Crippen molar-refractivity contribution in [2.24, 2.45) is 0 Å². The molecule has 0 aliphatic carbocycles. The van der Waals surface area contributed by atoms with Gasteiger partial charge < -0.3 is 10.6 Å². The molecule has 0 aliphatic heterocycles. The van der Waals surface area contributed by atoms with E-state index in [0.717, 1.165) is 6.92 Å². The number of amides is 2. The maximum absolute atomic E-state index is 15.0. The molecule has 232 valence electrons. The Morgan fingerprint density at radius 2 is 1.48 bits per heavy atom. The van der Waals surface area contributed by atoms with E-state index in [0.29, 0.717) is 24.3 Å². The molecule has 2 unspecified atom stereocenters. The molecule has 0 saturated heterocycles. The molecule has 0 saturated carbocycles. The lowest BCUT2D eigenvalue weighted by Gasteiger charge is -2.20. The second-order valence-electron chi connectivity index (χ2n) is 8.52. The zero-order chi connectivity index (χ0) is 32.4. The van der Waals surface area contributed by atoms with Crippen molar-refractivity contribution in [3.8, 4) is 0 Å². The van der Waals surface area contributed by atoms with E-state index in [1.807, 2.05) is 0 Å². The number of rotatable bonds is 8. The second kappa shape index (κ2) is 13.0. The zero-order valence-corrected chi connectivity index (χ0v) is 22.0. The van der Waals surface area contributed by atoms with Gasteiger partial charge in [-0.1, -0.05) is 29.3 Å². The van der Waals surface area contributed by atoms with Crippen LogP contribution in [0.3, 0.4) is 0 Å². The summed E-state index contributed by atoms with van der Waals surface area (Å²) in [6.45, 7) is -0.939. The van der Waals surface area contributed by atoms with Gasteiger partial charge in [0, 0.05) is 5.56 Å². The molecule has 0 aromatic heterocycles. The average Bonchev–Trinajstić information content (AvgIpc) is 2.82. The predicted octanol–water partition coefficient (Wildman–Crippen LogP) is 8.40. The van der Waals surface area contributed by atoms with Crippen molar-refractivity contribution in [2.45, 2.75) is 43.8 Å². The monoisotopic (exact) mass is 662 g/mol. The van der Waals surface area contributed by atoms with E-state index in [1.165, 1.54) is 5.32 Å². The summed E-state index contributed by atoms with van der Waals surface area (Å²) in [5, 5.41) is 1.37. The fraction of sp³-hybridized carbons (Fsp3) is 0.333. The maximum Gasteiger partial charge on any atom is 0.417 e.